The fourth-order valence-corrected chi connectivity index (χ4v) is 6.85. The number of benzene rings is 2. The van der Waals surface area contributed by atoms with E-state index in [2.05, 4.69) is 62.5 Å². The molecule has 27 heteroatoms. The van der Waals surface area contributed by atoms with E-state index in [0.29, 0.717) is 17.5 Å². The highest BCUT2D eigenvalue weighted by molar-refractivity contribution is 7.80. The van der Waals surface area contributed by atoms with Gasteiger partial charge in [-0.1, -0.05) is 24.3 Å². The third kappa shape index (κ3) is 21.3. The quantitative estimate of drug-likeness (QED) is 0.0249. The lowest BCUT2D eigenvalue weighted by Gasteiger charge is -2.27. The first-order valence-corrected chi connectivity index (χ1v) is 23.0. The Balaban J connectivity index is 2.31. The fourth-order valence-electron chi connectivity index (χ4n) is 6.35. The fraction of sp³-hybridized carbons (Fsp3) is 0.488. The van der Waals surface area contributed by atoms with Crippen LogP contribution in [0, 0.1) is 0 Å². The summed E-state index contributed by atoms with van der Waals surface area (Å²) >= 11 is 8.04. The van der Waals surface area contributed by atoms with Gasteiger partial charge in [-0.3, -0.25) is 43.2 Å². The number of aliphatic hydroxyl groups excluding tert-OH is 1. The molecule has 8 atom stereocenters. The van der Waals surface area contributed by atoms with Crippen LogP contribution in [0.2, 0.25) is 0 Å². The third-order valence-corrected chi connectivity index (χ3v) is 11.0. The number of nitrogens with one attached hydrogen (secondary N) is 7. The molecule has 0 aromatic heterocycles. The van der Waals surface area contributed by atoms with Crippen LogP contribution in [0.5, 0.6) is 11.5 Å². The van der Waals surface area contributed by atoms with E-state index in [-0.39, 0.29) is 55.9 Å². The largest absolute Gasteiger partial charge is 0.508 e. The van der Waals surface area contributed by atoms with Gasteiger partial charge in [-0.2, -0.15) is 25.3 Å². The Morgan fingerprint density at radius 2 is 0.829 bits per heavy atom. The van der Waals surface area contributed by atoms with Gasteiger partial charge in [-0.15, -0.1) is 0 Å². The van der Waals surface area contributed by atoms with Crippen molar-refractivity contribution in [3.05, 3.63) is 59.7 Å². The van der Waals surface area contributed by atoms with Crippen molar-refractivity contribution in [3.63, 3.8) is 0 Å². The summed E-state index contributed by atoms with van der Waals surface area (Å²) in [4.78, 5) is 129. The van der Waals surface area contributed by atoms with Crippen LogP contribution >= 0.6 is 25.3 Å². The molecule has 0 saturated carbocycles. The maximum absolute atomic E-state index is 13.8. The summed E-state index contributed by atoms with van der Waals surface area (Å²) in [5.74, 6) is -12.2. The second-order valence-corrected chi connectivity index (χ2v) is 16.5. The Labute approximate surface area is 412 Å². The molecule has 7 amide bonds. The SMILES string of the molecule is NCCCC[C@H](NC(=O)[C@H](Cc1ccc(O)cc1)NC(=O)[C@@H](N)CCC(=O)O)C(=O)N[C@@H](CO)C(=O)N[C@@H](CS)C(=O)N[C@@H](CCC(=O)O)C(=O)N[C@@H](Cc1ccc(O)cc1)C(=O)N[C@@H](CS)C(=O)O. The molecule has 0 fully saturated rings. The molecule has 0 unspecified atom stereocenters. The molecule has 386 valence electrons. The molecule has 0 aliphatic rings. The average molecular weight is 1020 g/mol. The second-order valence-electron chi connectivity index (χ2n) is 15.8. The van der Waals surface area contributed by atoms with Gasteiger partial charge >= 0.3 is 17.9 Å². The van der Waals surface area contributed by atoms with Crippen LogP contribution in [0.1, 0.15) is 56.1 Å². The van der Waals surface area contributed by atoms with Gasteiger partial charge in [0, 0.05) is 37.2 Å². The molecule has 2 rings (SSSR count). The highest BCUT2D eigenvalue weighted by atomic mass is 32.1. The highest BCUT2D eigenvalue weighted by Crippen LogP contribution is 2.14. The van der Waals surface area contributed by atoms with Crippen LogP contribution in [-0.4, -0.2) is 163 Å². The maximum atomic E-state index is 13.8. The lowest BCUT2D eigenvalue weighted by Crippen LogP contribution is -2.61. The van der Waals surface area contributed by atoms with E-state index in [9.17, 15) is 73.5 Å². The lowest BCUT2D eigenvalue weighted by atomic mass is 10.0. The van der Waals surface area contributed by atoms with Gasteiger partial charge in [0.2, 0.25) is 41.4 Å². The number of rotatable bonds is 32. The molecule has 0 saturated heterocycles. The normalized spacial score (nSPS) is 14.4. The number of aliphatic hydroxyl groups is 1. The number of hydrogen-bond donors (Lipinski definition) is 17. The Morgan fingerprint density at radius 1 is 0.471 bits per heavy atom. The molecule has 2 aromatic rings. The number of aromatic hydroxyl groups is 2. The molecule has 17 N–H and O–H groups in total. The number of unbranched alkanes of at least 4 members (excludes halogenated alkanes) is 1. The molecule has 0 aliphatic heterocycles. The number of carbonyl (C=O) groups is 10. The number of aliphatic carboxylic acids is 3. The van der Waals surface area contributed by atoms with Crippen molar-refractivity contribution >= 4 is 84.5 Å². The molecule has 0 bridgehead atoms. The molecule has 0 radical (unpaired) electrons. The smallest absolute Gasteiger partial charge is 0.327 e. The van der Waals surface area contributed by atoms with Gasteiger partial charge in [0.1, 0.15) is 53.8 Å². The summed E-state index contributed by atoms with van der Waals surface area (Å²) < 4.78 is 0. The summed E-state index contributed by atoms with van der Waals surface area (Å²) in [5, 5.41) is 74.1. The van der Waals surface area contributed by atoms with Crippen molar-refractivity contribution in [1.29, 1.82) is 0 Å². The first kappa shape index (κ1) is 59.4. The summed E-state index contributed by atoms with van der Waals surface area (Å²) in [7, 11) is 0. The zero-order valence-electron chi connectivity index (χ0n) is 37.7. The highest BCUT2D eigenvalue weighted by Gasteiger charge is 2.34. The van der Waals surface area contributed by atoms with Crippen LogP contribution in [0.15, 0.2) is 48.5 Å². The van der Waals surface area contributed by atoms with Crippen LogP contribution in [0.3, 0.4) is 0 Å². The first-order chi connectivity index (χ1) is 33.1. The van der Waals surface area contributed by atoms with Crippen molar-refractivity contribution in [2.24, 2.45) is 11.5 Å². The topological polar surface area (TPSA) is 428 Å². The molecule has 0 heterocycles. The number of nitrogens with two attached hydrogens (primary N) is 2. The number of hydrogen-bond acceptors (Lipinski definition) is 17. The van der Waals surface area contributed by atoms with Crippen molar-refractivity contribution in [1.82, 2.24) is 37.2 Å². The second kappa shape index (κ2) is 30.7. The van der Waals surface area contributed by atoms with Crippen molar-refractivity contribution < 1.29 is 78.6 Å². The van der Waals surface area contributed by atoms with E-state index in [1.165, 1.54) is 48.5 Å². The number of thiol groups is 2. The summed E-state index contributed by atoms with van der Waals surface area (Å²) in [6.45, 7) is -0.858. The predicted molar refractivity (Wildman–Crippen MR) is 254 cm³/mol. The monoisotopic (exact) mass is 1020 g/mol. The van der Waals surface area contributed by atoms with Crippen LogP contribution < -0.4 is 48.7 Å². The third-order valence-electron chi connectivity index (χ3n) is 10.3. The van der Waals surface area contributed by atoms with Gasteiger partial charge in [-0.05, 0) is 74.0 Å². The van der Waals surface area contributed by atoms with Gasteiger partial charge in [0.15, 0.2) is 0 Å². The van der Waals surface area contributed by atoms with Crippen LogP contribution in [-0.2, 0) is 60.8 Å². The minimum atomic E-state index is -1.78. The molecule has 70 heavy (non-hydrogen) atoms. The molecule has 25 nitrogen and oxygen atoms in total. The van der Waals surface area contributed by atoms with Crippen molar-refractivity contribution in [2.75, 3.05) is 24.7 Å². The summed E-state index contributed by atoms with van der Waals surface area (Å²) in [6.07, 6.45) is -1.82. The molecular formula is C43H61N9O16S2. The summed E-state index contributed by atoms with van der Waals surface area (Å²) in [5.41, 5.74) is 12.4. The van der Waals surface area contributed by atoms with E-state index in [0.717, 1.165) is 0 Å². The van der Waals surface area contributed by atoms with Gasteiger partial charge in [-0.25, -0.2) is 4.79 Å². The van der Waals surface area contributed by atoms with E-state index in [4.69, 9.17) is 16.6 Å². The molecular weight excluding hydrogens is 963 g/mol. The van der Waals surface area contributed by atoms with E-state index >= 15 is 0 Å². The van der Waals surface area contributed by atoms with Crippen molar-refractivity contribution in [2.45, 2.75) is 106 Å². The minimum absolute atomic E-state index is 0.0687. The Bertz CT molecular complexity index is 2120. The number of phenols is 2. The predicted octanol–water partition coefficient (Wildman–Crippen LogP) is -3.60. The van der Waals surface area contributed by atoms with Gasteiger partial charge < -0.3 is 79.3 Å². The van der Waals surface area contributed by atoms with E-state index in [1.54, 1.807) is 0 Å². The number of phenolic OH excluding ortho intramolecular Hbond substituents is 2. The maximum Gasteiger partial charge on any atom is 0.327 e. The number of amides is 7. The zero-order valence-corrected chi connectivity index (χ0v) is 39.5. The summed E-state index contributed by atoms with van der Waals surface area (Å²) in [6, 6.07) is -1.22. The van der Waals surface area contributed by atoms with E-state index < -0.39 is 139 Å². The standard InChI is InChI=1S/C43H61N9O16S2/c44-16-2-1-3-27(46-39(63)29(17-22-4-8-24(54)9-5-22)48-36(60)26(45)12-14-34(56)57)37(61)50-31(19-53)41(65)51-32(20-69)42(66)47-28(13-15-35(58)59)38(62)49-30(18-23-6-10-25(55)11-7-23)40(64)52-33(21-70)43(67)68/h4-11,26-33,53-55,69-70H,1-3,12-21,44-45H2,(H,46,63)(H,47,66)(H,48,60)(H,49,62)(H,50,61)(H,51,65)(H,52,64)(H,56,57)(H,58,59)(H,67,68)/t26-,27-,28-,29-,30-,31-,32-,33-/m0/s1. The molecule has 2 aromatic carbocycles. The van der Waals surface area contributed by atoms with Crippen LogP contribution in [0.4, 0.5) is 0 Å². The zero-order chi connectivity index (χ0) is 52.5. The average Bonchev–Trinajstić information content (AvgIpc) is 3.31. The Kier molecular flexibility index (Phi) is 26.1. The van der Waals surface area contributed by atoms with Gasteiger partial charge in [0.05, 0.1) is 12.6 Å². The van der Waals surface area contributed by atoms with Crippen molar-refractivity contribution in [3.8, 4) is 11.5 Å². The minimum Gasteiger partial charge on any atom is -0.508 e. The number of carboxylic acid groups (broad SMARTS) is 3. The van der Waals surface area contributed by atoms with E-state index in [1.807, 2.05) is 0 Å². The number of carboxylic acids is 3. The first-order valence-electron chi connectivity index (χ1n) is 21.8. The Hall–Kier alpha value is -6.68. The number of carbonyl (C=O) groups excluding carboxylic acids is 7. The Morgan fingerprint density at radius 3 is 1.26 bits per heavy atom. The molecule has 0 spiro atoms. The lowest BCUT2D eigenvalue weighted by molar-refractivity contribution is -0.141. The van der Waals surface area contributed by atoms with Gasteiger partial charge in [0.25, 0.3) is 0 Å². The van der Waals surface area contributed by atoms with Crippen LogP contribution in [0.25, 0.3) is 0 Å². The molecule has 0 aliphatic carbocycles.